The molecule has 4 heteroatoms. The first kappa shape index (κ1) is 27.4. The fourth-order valence-corrected chi connectivity index (χ4v) is 3.24. The molecule has 0 spiro atoms. The quantitative estimate of drug-likeness (QED) is 0.166. The van der Waals surface area contributed by atoms with E-state index in [1.54, 1.807) is 18.6 Å². The predicted molar refractivity (Wildman–Crippen MR) is 146 cm³/mol. The van der Waals surface area contributed by atoms with E-state index >= 15 is 0 Å². The molecule has 0 bridgehead atoms. The van der Waals surface area contributed by atoms with E-state index in [0.29, 0.717) is 0 Å². The van der Waals surface area contributed by atoms with Crippen molar-refractivity contribution in [3.8, 4) is 33.8 Å². The molecule has 177 valence electrons. The molecule has 0 aliphatic carbocycles. The Kier molecular flexibility index (Phi) is 11.6. The molecule has 6 rings (SSSR count). The van der Waals surface area contributed by atoms with Crippen molar-refractivity contribution in [1.82, 2.24) is 15.0 Å². The maximum atomic E-state index is 4.19. The van der Waals surface area contributed by atoms with Gasteiger partial charge in [0.1, 0.15) is 0 Å². The zero-order valence-electron chi connectivity index (χ0n) is 20.1. The molecule has 0 aliphatic rings. The van der Waals surface area contributed by atoms with E-state index in [2.05, 4.69) is 33.2 Å². The van der Waals surface area contributed by atoms with Crippen LogP contribution in [0, 0.1) is 18.2 Å². The van der Waals surface area contributed by atoms with Crippen molar-refractivity contribution in [3.63, 3.8) is 0 Å². The van der Waals surface area contributed by atoms with E-state index in [0.717, 1.165) is 33.8 Å². The molecule has 0 unspecified atom stereocenters. The Morgan fingerprint density at radius 2 is 0.622 bits per heavy atom. The number of benzene rings is 3. The number of rotatable bonds is 3. The average Bonchev–Trinajstić information content (AvgIpc) is 3.01. The molecule has 37 heavy (non-hydrogen) atoms. The van der Waals surface area contributed by atoms with Crippen LogP contribution < -0.4 is 0 Å². The van der Waals surface area contributed by atoms with Gasteiger partial charge in [0.25, 0.3) is 0 Å². The first-order chi connectivity index (χ1) is 17.9. The fraction of sp³-hybridized carbons (Fsp3) is 0. The third-order valence-electron chi connectivity index (χ3n) is 4.96. The van der Waals surface area contributed by atoms with Gasteiger partial charge in [0.15, 0.2) is 0 Å². The summed E-state index contributed by atoms with van der Waals surface area (Å²) in [5.74, 6) is 0. The zero-order chi connectivity index (χ0) is 24.7. The van der Waals surface area contributed by atoms with Crippen LogP contribution >= 0.6 is 0 Å². The van der Waals surface area contributed by atoms with Crippen molar-refractivity contribution >= 4 is 0 Å². The minimum Gasteiger partial charge on any atom is -0.296 e. The average molecular weight is 559 g/mol. The normalized spacial score (nSPS) is 9.41. The summed E-state index contributed by atoms with van der Waals surface area (Å²) in [4.78, 5) is 12.6. The second-order valence-corrected chi connectivity index (χ2v) is 7.49. The second kappa shape index (κ2) is 15.7. The van der Waals surface area contributed by atoms with Gasteiger partial charge in [0.05, 0.1) is 0 Å². The van der Waals surface area contributed by atoms with Crippen molar-refractivity contribution in [2.75, 3.05) is 0 Å². The monoisotopic (exact) mass is 560 g/mol. The summed E-state index contributed by atoms with van der Waals surface area (Å²) < 4.78 is 0. The van der Waals surface area contributed by atoms with Crippen LogP contribution in [0.3, 0.4) is 0 Å². The Balaban J connectivity index is 0.000000152. The van der Waals surface area contributed by atoms with E-state index in [1.807, 2.05) is 127 Å². The van der Waals surface area contributed by atoms with Crippen molar-refractivity contribution in [2.24, 2.45) is 0 Å². The van der Waals surface area contributed by atoms with Crippen molar-refractivity contribution in [2.45, 2.75) is 0 Å². The molecule has 0 saturated heterocycles. The van der Waals surface area contributed by atoms with E-state index in [1.165, 1.54) is 0 Å². The smallest absolute Gasteiger partial charge is 0.296 e. The Labute approximate surface area is 233 Å². The summed E-state index contributed by atoms with van der Waals surface area (Å²) in [6.07, 6.45) is 5.33. The zero-order valence-corrected chi connectivity index (χ0v) is 22.1. The number of aromatic nitrogens is 3. The van der Waals surface area contributed by atoms with E-state index in [9.17, 15) is 0 Å². The van der Waals surface area contributed by atoms with Gasteiger partial charge in [0.2, 0.25) is 0 Å². The van der Waals surface area contributed by atoms with Crippen LogP contribution in [0.25, 0.3) is 33.8 Å². The molecule has 3 aromatic carbocycles. The standard InChI is InChI=1S/3C11H8N.Mo/c3*1-2-6-10(7-3-1)11-8-4-5-9-12-11;/h3*1-7,9H;/q3*-1;+3. The van der Waals surface area contributed by atoms with E-state index < -0.39 is 0 Å². The molecular weight excluding hydrogens is 534 g/mol. The Morgan fingerprint density at radius 3 is 0.838 bits per heavy atom. The van der Waals surface area contributed by atoms with Crippen molar-refractivity contribution in [1.29, 1.82) is 0 Å². The van der Waals surface area contributed by atoms with Crippen LogP contribution in [0.1, 0.15) is 0 Å². The van der Waals surface area contributed by atoms with E-state index in [-0.39, 0.29) is 21.1 Å². The molecule has 6 aromatic rings. The Bertz CT molecular complexity index is 1090. The minimum atomic E-state index is 0. The first-order valence-corrected chi connectivity index (χ1v) is 11.5. The molecule has 0 fully saturated rings. The molecular formula is C33H24MoN3. The van der Waals surface area contributed by atoms with E-state index in [4.69, 9.17) is 0 Å². The van der Waals surface area contributed by atoms with Gasteiger partial charge in [-0.3, -0.25) is 15.0 Å². The summed E-state index contributed by atoms with van der Waals surface area (Å²) in [7, 11) is 0. The number of hydrogen-bond acceptors (Lipinski definition) is 3. The SMILES string of the molecule is [Mo+3].[c-]1cccnc1-c1ccccc1.[c-]1cccnc1-c1ccccc1.[c-]1cccnc1-c1ccccc1. The van der Waals surface area contributed by atoms with Crippen molar-refractivity contribution < 1.29 is 21.1 Å². The molecule has 3 nitrogen and oxygen atoms in total. The van der Waals surface area contributed by atoms with Gasteiger partial charge in [-0.25, -0.2) is 0 Å². The minimum absolute atomic E-state index is 0. The molecule has 0 saturated carbocycles. The predicted octanol–water partition coefficient (Wildman–Crippen LogP) is 7.64. The van der Waals surface area contributed by atoms with Gasteiger partial charge in [-0.05, 0) is 35.7 Å². The third kappa shape index (κ3) is 9.07. The maximum Gasteiger partial charge on any atom is 3.00 e. The second-order valence-electron chi connectivity index (χ2n) is 7.49. The van der Waals surface area contributed by atoms with Crippen LogP contribution in [-0.4, -0.2) is 15.0 Å². The molecule has 3 aromatic heterocycles. The van der Waals surface area contributed by atoms with Gasteiger partial charge in [0, 0.05) is 0 Å². The van der Waals surface area contributed by atoms with Crippen LogP contribution in [0.5, 0.6) is 0 Å². The molecule has 0 amide bonds. The van der Waals surface area contributed by atoms with Gasteiger partial charge >= 0.3 is 21.1 Å². The number of hydrogen-bond donors (Lipinski definition) is 0. The molecule has 0 aliphatic heterocycles. The largest absolute Gasteiger partial charge is 3.00 e. The number of pyridine rings is 3. The molecule has 3 heterocycles. The van der Waals surface area contributed by atoms with Gasteiger partial charge < -0.3 is 0 Å². The number of nitrogens with zero attached hydrogens (tertiary/aromatic N) is 3. The fourth-order valence-electron chi connectivity index (χ4n) is 3.24. The van der Waals surface area contributed by atoms with Gasteiger partial charge in [-0.1, -0.05) is 71.3 Å². The van der Waals surface area contributed by atoms with Crippen molar-refractivity contribution in [3.05, 3.63) is 164 Å². The van der Waals surface area contributed by atoms with Crippen LogP contribution in [0.15, 0.2) is 146 Å². The van der Waals surface area contributed by atoms with Gasteiger partial charge in [-0.15, -0.1) is 54.6 Å². The summed E-state index contributed by atoms with van der Waals surface area (Å²) >= 11 is 0. The molecule has 0 atom stereocenters. The summed E-state index contributed by atoms with van der Waals surface area (Å²) in [5, 5.41) is 0. The third-order valence-corrected chi connectivity index (χ3v) is 4.96. The maximum absolute atomic E-state index is 4.19. The summed E-state index contributed by atoms with van der Waals surface area (Å²) in [6.45, 7) is 0. The topological polar surface area (TPSA) is 38.7 Å². The summed E-state index contributed by atoms with van der Waals surface area (Å²) in [5.41, 5.74) is 6.03. The van der Waals surface area contributed by atoms with Crippen LogP contribution in [0.2, 0.25) is 0 Å². The first-order valence-electron chi connectivity index (χ1n) is 11.5. The van der Waals surface area contributed by atoms with Gasteiger partial charge in [-0.2, -0.15) is 36.4 Å². The van der Waals surface area contributed by atoms with Crippen LogP contribution in [-0.2, 0) is 21.1 Å². The molecule has 1 radical (unpaired) electrons. The Morgan fingerprint density at radius 1 is 0.351 bits per heavy atom. The Hall–Kier alpha value is -4.20. The molecule has 0 N–H and O–H groups in total. The summed E-state index contributed by atoms with van der Waals surface area (Å²) in [6, 6.07) is 50.6. The van der Waals surface area contributed by atoms with Crippen LogP contribution in [0.4, 0.5) is 0 Å².